The molecule has 1 N–H and O–H groups in total. The van der Waals surface area contributed by atoms with E-state index in [2.05, 4.69) is 12.2 Å². The van der Waals surface area contributed by atoms with Gasteiger partial charge in [0.2, 0.25) is 0 Å². The lowest BCUT2D eigenvalue weighted by atomic mass is 10.0. The zero-order valence-electron chi connectivity index (χ0n) is 8.72. The number of hydrogen-bond donors (Lipinski definition) is 1. The first-order valence-corrected chi connectivity index (χ1v) is 5.70. The van der Waals surface area contributed by atoms with Crippen LogP contribution < -0.4 is 5.32 Å². The predicted molar refractivity (Wildman–Crippen MR) is 61.2 cm³/mol. The van der Waals surface area contributed by atoms with Crippen LogP contribution in [0.25, 0.3) is 0 Å². The van der Waals surface area contributed by atoms with Crippen LogP contribution in [0.1, 0.15) is 48.1 Å². The molecule has 1 amide bonds. The van der Waals surface area contributed by atoms with Crippen molar-refractivity contribution in [3.63, 3.8) is 0 Å². The molecule has 0 saturated heterocycles. The molecule has 2 rings (SSSR count). The van der Waals surface area contributed by atoms with Gasteiger partial charge in [-0.25, -0.2) is 0 Å². The summed E-state index contributed by atoms with van der Waals surface area (Å²) in [4.78, 5) is 11.6. The van der Waals surface area contributed by atoms with E-state index in [0.717, 1.165) is 30.4 Å². The van der Waals surface area contributed by atoms with Crippen LogP contribution in [-0.4, -0.2) is 5.91 Å². The van der Waals surface area contributed by atoms with Gasteiger partial charge in [0, 0.05) is 10.6 Å². The molecule has 1 aliphatic rings. The number of amides is 1. The highest BCUT2D eigenvalue weighted by molar-refractivity contribution is 6.30. The van der Waals surface area contributed by atoms with Gasteiger partial charge in [-0.05, 0) is 30.2 Å². The van der Waals surface area contributed by atoms with Gasteiger partial charge >= 0.3 is 0 Å². The molecule has 0 aliphatic carbocycles. The number of fused-ring (bicyclic) bond motifs is 1. The second-order valence-corrected chi connectivity index (χ2v) is 4.34. The van der Waals surface area contributed by atoms with Crippen molar-refractivity contribution < 1.29 is 4.79 Å². The van der Waals surface area contributed by atoms with E-state index in [1.54, 1.807) is 12.1 Å². The molecular formula is C12H14ClNO. The standard InChI is InChI=1S/C12H14ClNO/c1-2-3-4-11-10-7-8(13)5-6-9(10)12(15)14-11/h5-7,11H,2-4H2,1H3,(H,14,15). The summed E-state index contributed by atoms with van der Waals surface area (Å²) < 4.78 is 0. The van der Waals surface area contributed by atoms with Crippen molar-refractivity contribution >= 4 is 17.5 Å². The molecule has 0 bridgehead atoms. The lowest BCUT2D eigenvalue weighted by Crippen LogP contribution is -2.18. The molecule has 1 aromatic rings. The summed E-state index contributed by atoms with van der Waals surface area (Å²) in [6.07, 6.45) is 3.26. The molecule has 1 unspecified atom stereocenters. The van der Waals surface area contributed by atoms with Gasteiger partial charge in [0.25, 0.3) is 5.91 Å². The fourth-order valence-corrected chi connectivity index (χ4v) is 2.16. The Labute approximate surface area is 94.6 Å². The lowest BCUT2D eigenvalue weighted by molar-refractivity contribution is 0.0954. The van der Waals surface area contributed by atoms with Crippen LogP contribution >= 0.6 is 11.6 Å². The average molecular weight is 224 g/mol. The van der Waals surface area contributed by atoms with Gasteiger partial charge in [-0.3, -0.25) is 4.79 Å². The van der Waals surface area contributed by atoms with Gasteiger partial charge in [0.15, 0.2) is 0 Å². The number of carbonyl (C=O) groups is 1. The van der Waals surface area contributed by atoms with Crippen molar-refractivity contribution in [3.8, 4) is 0 Å². The molecule has 0 spiro atoms. The third-order valence-electron chi connectivity index (χ3n) is 2.79. The van der Waals surface area contributed by atoms with Gasteiger partial charge in [-0.2, -0.15) is 0 Å². The maximum absolute atomic E-state index is 11.6. The topological polar surface area (TPSA) is 29.1 Å². The van der Waals surface area contributed by atoms with Crippen molar-refractivity contribution in [3.05, 3.63) is 34.3 Å². The zero-order valence-corrected chi connectivity index (χ0v) is 9.47. The van der Waals surface area contributed by atoms with Crippen molar-refractivity contribution in [1.82, 2.24) is 5.32 Å². The molecule has 1 aromatic carbocycles. The summed E-state index contributed by atoms with van der Waals surface area (Å²) in [5.74, 6) is 0.0303. The van der Waals surface area contributed by atoms with E-state index < -0.39 is 0 Å². The third-order valence-corrected chi connectivity index (χ3v) is 3.02. The minimum Gasteiger partial charge on any atom is -0.345 e. The summed E-state index contributed by atoms with van der Waals surface area (Å²) in [6, 6.07) is 5.63. The summed E-state index contributed by atoms with van der Waals surface area (Å²) in [7, 11) is 0. The Balaban J connectivity index is 2.27. The Morgan fingerprint density at radius 3 is 3.00 bits per heavy atom. The quantitative estimate of drug-likeness (QED) is 0.837. The molecule has 0 fully saturated rings. The fourth-order valence-electron chi connectivity index (χ4n) is 1.98. The molecule has 15 heavy (non-hydrogen) atoms. The minimum absolute atomic E-state index is 0.0303. The van der Waals surface area contributed by atoms with Gasteiger partial charge in [0.1, 0.15) is 0 Å². The van der Waals surface area contributed by atoms with Crippen LogP contribution in [-0.2, 0) is 0 Å². The fraction of sp³-hybridized carbons (Fsp3) is 0.417. The molecule has 1 aliphatic heterocycles. The number of carbonyl (C=O) groups excluding carboxylic acids is 1. The van der Waals surface area contributed by atoms with Crippen LogP contribution in [0.5, 0.6) is 0 Å². The van der Waals surface area contributed by atoms with E-state index in [4.69, 9.17) is 11.6 Å². The van der Waals surface area contributed by atoms with Gasteiger partial charge < -0.3 is 5.32 Å². The third kappa shape index (κ3) is 2.00. The maximum atomic E-state index is 11.6. The molecule has 2 nitrogen and oxygen atoms in total. The van der Waals surface area contributed by atoms with Gasteiger partial charge in [-0.15, -0.1) is 0 Å². The summed E-state index contributed by atoms with van der Waals surface area (Å²) in [5, 5.41) is 3.68. The highest BCUT2D eigenvalue weighted by Crippen LogP contribution is 2.31. The van der Waals surface area contributed by atoms with Gasteiger partial charge in [0.05, 0.1) is 6.04 Å². The molecule has 0 aromatic heterocycles. The number of rotatable bonds is 3. The van der Waals surface area contributed by atoms with E-state index in [1.165, 1.54) is 0 Å². The van der Waals surface area contributed by atoms with Crippen molar-refractivity contribution in [2.24, 2.45) is 0 Å². The Bertz CT molecular complexity index is 389. The van der Waals surface area contributed by atoms with Gasteiger partial charge in [-0.1, -0.05) is 31.4 Å². The summed E-state index contributed by atoms with van der Waals surface area (Å²) in [6.45, 7) is 2.15. The molecule has 3 heteroatoms. The smallest absolute Gasteiger partial charge is 0.252 e. The highest BCUT2D eigenvalue weighted by Gasteiger charge is 2.27. The average Bonchev–Trinajstić information content (AvgIpc) is 2.52. The number of unbranched alkanes of at least 4 members (excludes halogenated alkanes) is 1. The Morgan fingerprint density at radius 2 is 2.27 bits per heavy atom. The first-order valence-electron chi connectivity index (χ1n) is 5.32. The first-order chi connectivity index (χ1) is 7.22. The minimum atomic E-state index is 0.0303. The largest absolute Gasteiger partial charge is 0.345 e. The molecule has 0 saturated carbocycles. The Hall–Kier alpha value is -1.02. The summed E-state index contributed by atoms with van der Waals surface area (Å²) in [5.41, 5.74) is 1.83. The molecular weight excluding hydrogens is 210 g/mol. The SMILES string of the molecule is CCCCC1NC(=O)c2ccc(Cl)cc21. The number of benzene rings is 1. The summed E-state index contributed by atoms with van der Waals surface area (Å²) >= 11 is 5.93. The first kappa shape index (κ1) is 10.5. The second kappa shape index (κ2) is 4.23. The van der Waals surface area contributed by atoms with E-state index in [1.807, 2.05) is 6.07 Å². The number of halogens is 1. The van der Waals surface area contributed by atoms with E-state index >= 15 is 0 Å². The van der Waals surface area contributed by atoms with Crippen molar-refractivity contribution in [1.29, 1.82) is 0 Å². The molecule has 1 atom stereocenters. The van der Waals surface area contributed by atoms with E-state index in [-0.39, 0.29) is 11.9 Å². The van der Waals surface area contributed by atoms with Crippen LogP contribution in [0.15, 0.2) is 18.2 Å². The monoisotopic (exact) mass is 223 g/mol. The van der Waals surface area contributed by atoms with E-state index in [0.29, 0.717) is 5.02 Å². The molecule has 80 valence electrons. The van der Waals surface area contributed by atoms with E-state index in [9.17, 15) is 4.79 Å². The lowest BCUT2D eigenvalue weighted by Gasteiger charge is -2.10. The van der Waals surface area contributed by atoms with Crippen LogP contribution in [0.2, 0.25) is 5.02 Å². The van der Waals surface area contributed by atoms with Crippen molar-refractivity contribution in [2.75, 3.05) is 0 Å². The second-order valence-electron chi connectivity index (χ2n) is 3.90. The Morgan fingerprint density at radius 1 is 1.47 bits per heavy atom. The molecule has 1 heterocycles. The van der Waals surface area contributed by atoms with Crippen LogP contribution in [0, 0.1) is 0 Å². The number of nitrogens with one attached hydrogen (secondary N) is 1. The van der Waals surface area contributed by atoms with Crippen LogP contribution in [0.3, 0.4) is 0 Å². The highest BCUT2D eigenvalue weighted by atomic mass is 35.5. The zero-order chi connectivity index (χ0) is 10.8. The predicted octanol–water partition coefficient (Wildman–Crippen LogP) is 3.31. The normalized spacial score (nSPS) is 18.8. The van der Waals surface area contributed by atoms with Crippen molar-refractivity contribution in [2.45, 2.75) is 32.2 Å². The van der Waals surface area contributed by atoms with Crippen LogP contribution in [0.4, 0.5) is 0 Å². The maximum Gasteiger partial charge on any atom is 0.252 e. The number of hydrogen-bond acceptors (Lipinski definition) is 1. The molecule has 0 radical (unpaired) electrons. The Kier molecular flexibility index (Phi) is 2.96.